The molecule has 0 aliphatic carbocycles. The second kappa shape index (κ2) is 10.8. The number of nitrogens with one attached hydrogen (secondary N) is 1. The molecule has 0 saturated heterocycles. The Morgan fingerprint density at radius 1 is 1.12 bits per heavy atom. The molecule has 1 atom stereocenters. The van der Waals surface area contributed by atoms with Gasteiger partial charge in [0.05, 0.1) is 12.8 Å². The van der Waals surface area contributed by atoms with Crippen molar-refractivity contribution in [3.63, 3.8) is 0 Å². The Kier molecular flexibility index (Phi) is 7.38. The number of amides is 1. The van der Waals surface area contributed by atoms with E-state index < -0.39 is 0 Å². The van der Waals surface area contributed by atoms with E-state index >= 15 is 0 Å². The van der Waals surface area contributed by atoms with Crippen LogP contribution in [0.25, 0.3) is 10.9 Å². The Hall–Kier alpha value is -3.93. The first-order valence-electron chi connectivity index (χ1n) is 11.6. The Morgan fingerprint density at radius 3 is 2.59 bits per heavy atom. The van der Waals surface area contributed by atoms with Gasteiger partial charge in [-0.2, -0.15) is 5.10 Å². The summed E-state index contributed by atoms with van der Waals surface area (Å²) in [4.78, 5) is 16.2. The van der Waals surface area contributed by atoms with Crippen LogP contribution < -0.4 is 10.2 Å². The van der Waals surface area contributed by atoms with Crippen molar-refractivity contribution in [2.75, 3.05) is 6.61 Å². The van der Waals surface area contributed by atoms with E-state index in [4.69, 9.17) is 4.74 Å². The van der Waals surface area contributed by atoms with Crippen molar-refractivity contribution in [2.45, 2.75) is 39.7 Å². The fourth-order valence-corrected chi connectivity index (χ4v) is 4.02. The maximum absolute atomic E-state index is 12.3. The molecule has 4 rings (SSSR count). The van der Waals surface area contributed by atoms with E-state index in [-0.39, 0.29) is 5.91 Å². The predicted octanol–water partition coefficient (Wildman–Crippen LogP) is 5.70. The molecule has 4 aromatic rings. The maximum Gasteiger partial charge on any atom is 0.271 e. The van der Waals surface area contributed by atoms with Crippen molar-refractivity contribution in [3.05, 3.63) is 95.4 Å². The Balaban J connectivity index is 1.46. The number of carbonyl (C=O) groups is 1. The van der Waals surface area contributed by atoms with Gasteiger partial charge in [-0.25, -0.2) is 5.43 Å². The maximum atomic E-state index is 12.3. The third kappa shape index (κ3) is 5.17. The highest BCUT2D eigenvalue weighted by atomic mass is 16.5. The number of para-hydroxylation sites is 1. The molecule has 0 fully saturated rings. The van der Waals surface area contributed by atoms with Crippen LogP contribution in [0.2, 0.25) is 0 Å². The summed E-state index contributed by atoms with van der Waals surface area (Å²) in [5.74, 6) is 1.16. The number of fused-ring (bicyclic) bond motifs is 1. The molecule has 1 N–H and O–H groups in total. The lowest BCUT2D eigenvalue weighted by Crippen LogP contribution is -2.17. The number of ether oxygens (including phenoxy) is 1. The van der Waals surface area contributed by atoms with Crippen LogP contribution >= 0.6 is 0 Å². The summed E-state index contributed by atoms with van der Waals surface area (Å²) < 4.78 is 8.27. The molecular formula is C28H30N4O2. The average Bonchev–Trinajstić information content (AvgIpc) is 3.15. The molecule has 0 radical (unpaired) electrons. The van der Waals surface area contributed by atoms with Crippen LogP contribution in [0.15, 0.2) is 78.2 Å². The van der Waals surface area contributed by atoms with Gasteiger partial charge in [-0.1, -0.05) is 44.2 Å². The highest BCUT2D eigenvalue weighted by Gasteiger charge is 2.13. The van der Waals surface area contributed by atoms with Crippen LogP contribution in [-0.4, -0.2) is 28.3 Å². The Morgan fingerprint density at radius 2 is 1.85 bits per heavy atom. The lowest BCUT2D eigenvalue weighted by molar-refractivity contribution is 0.0955. The summed E-state index contributed by atoms with van der Waals surface area (Å²) in [6, 6.07) is 19.9. The van der Waals surface area contributed by atoms with E-state index in [2.05, 4.69) is 65.1 Å². The van der Waals surface area contributed by atoms with Crippen molar-refractivity contribution in [1.82, 2.24) is 15.0 Å². The fourth-order valence-electron chi connectivity index (χ4n) is 4.02. The predicted molar refractivity (Wildman–Crippen MR) is 137 cm³/mol. The van der Waals surface area contributed by atoms with Gasteiger partial charge >= 0.3 is 0 Å². The average molecular weight is 455 g/mol. The molecule has 0 unspecified atom stereocenters. The Bertz CT molecular complexity index is 1280. The van der Waals surface area contributed by atoms with Gasteiger partial charge in [0.1, 0.15) is 12.4 Å². The summed E-state index contributed by atoms with van der Waals surface area (Å²) in [6.45, 7) is 7.76. The van der Waals surface area contributed by atoms with E-state index in [0.29, 0.717) is 24.6 Å². The third-order valence-electron chi connectivity index (χ3n) is 6.23. The van der Waals surface area contributed by atoms with Gasteiger partial charge in [-0.05, 0) is 55.2 Å². The summed E-state index contributed by atoms with van der Waals surface area (Å²) >= 11 is 0. The van der Waals surface area contributed by atoms with Gasteiger partial charge in [0.15, 0.2) is 0 Å². The molecule has 2 aromatic carbocycles. The summed E-state index contributed by atoms with van der Waals surface area (Å²) in [5.41, 5.74) is 7.60. The van der Waals surface area contributed by atoms with Crippen LogP contribution in [0.1, 0.15) is 53.4 Å². The molecule has 34 heavy (non-hydrogen) atoms. The van der Waals surface area contributed by atoms with Crippen molar-refractivity contribution < 1.29 is 9.53 Å². The lowest BCUT2D eigenvalue weighted by Gasteiger charge is -2.12. The molecule has 0 aliphatic rings. The topological polar surface area (TPSA) is 68.5 Å². The van der Waals surface area contributed by atoms with E-state index in [1.165, 1.54) is 5.56 Å². The van der Waals surface area contributed by atoms with E-state index in [9.17, 15) is 4.79 Å². The normalized spacial score (nSPS) is 12.2. The molecular weight excluding hydrogens is 424 g/mol. The van der Waals surface area contributed by atoms with Crippen molar-refractivity contribution in [3.8, 4) is 5.75 Å². The molecule has 1 amide bonds. The molecule has 0 aliphatic heterocycles. The van der Waals surface area contributed by atoms with Crippen LogP contribution in [0, 0.1) is 6.92 Å². The van der Waals surface area contributed by atoms with Crippen LogP contribution in [0.3, 0.4) is 0 Å². The number of rotatable bonds is 9. The van der Waals surface area contributed by atoms with Gasteiger partial charge in [0.25, 0.3) is 5.91 Å². The van der Waals surface area contributed by atoms with Crippen LogP contribution in [-0.2, 0) is 6.54 Å². The SMILES string of the molecule is CC[C@H](C)c1ccc(OCCn2c(C)c(/C=N\NC(=O)c3ccncc3)c3ccccc32)cc1. The number of benzene rings is 2. The van der Waals surface area contributed by atoms with Gasteiger partial charge in [-0.3, -0.25) is 9.78 Å². The third-order valence-corrected chi connectivity index (χ3v) is 6.23. The van der Waals surface area contributed by atoms with Gasteiger partial charge in [-0.15, -0.1) is 0 Å². The first-order valence-corrected chi connectivity index (χ1v) is 11.6. The monoisotopic (exact) mass is 454 g/mol. The summed E-state index contributed by atoms with van der Waals surface area (Å²) in [6.07, 6.45) is 6.00. The first-order chi connectivity index (χ1) is 16.6. The van der Waals surface area contributed by atoms with Crippen molar-refractivity contribution in [1.29, 1.82) is 0 Å². The summed E-state index contributed by atoms with van der Waals surface area (Å²) in [5, 5.41) is 5.29. The minimum Gasteiger partial charge on any atom is -0.492 e. The fraction of sp³-hybridized carbons (Fsp3) is 0.250. The number of hydrazone groups is 1. The van der Waals surface area contributed by atoms with Gasteiger partial charge in [0.2, 0.25) is 0 Å². The number of nitrogens with zero attached hydrogens (tertiary/aromatic N) is 3. The number of hydrogen-bond acceptors (Lipinski definition) is 4. The molecule has 0 spiro atoms. The van der Waals surface area contributed by atoms with E-state index in [1.807, 2.05) is 24.3 Å². The molecule has 6 heteroatoms. The van der Waals surface area contributed by atoms with Crippen molar-refractivity contribution in [2.24, 2.45) is 5.10 Å². The van der Waals surface area contributed by atoms with E-state index in [0.717, 1.165) is 34.3 Å². The zero-order valence-electron chi connectivity index (χ0n) is 19.9. The number of pyridine rings is 1. The van der Waals surface area contributed by atoms with Gasteiger partial charge < -0.3 is 9.30 Å². The largest absolute Gasteiger partial charge is 0.492 e. The smallest absolute Gasteiger partial charge is 0.271 e. The second-order valence-electron chi connectivity index (χ2n) is 8.33. The molecule has 6 nitrogen and oxygen atoms in total. The minimum absolute atomic E-state index is 0.271. The second-order valence-corrected chi connectivity index (χ2v) is 8.33. The molecule has 2 heterocycles. The minimum atomic E-state index is -0.271. The van der Waals surface area contributed by atoms with Crippen LogP contribution in [0.4, 0.5) is 0 Å². The quantitative estimate of drug-likeness (QED) is 0.260. The highest BCUT2D eigenvalue weighted by molar-refractivity contribution is 6.02. The molecule has 174 valence electrons. The zero-order valence-corrected chi connectivity index (χ0v) is 19.9. The Labute approximate surface area is 200 Å². The van der Waals surface area contributed by atoms with Crippen molar-refractivity contribution >= 4 is 23.0 Å². The first kappa shape index (κ1) is 23.2. The number of hydrogen-bond donors (Lipinski definition) is 1. The molecule has 0 bridgehead atoms. The summed E-state index contributed by atoms with van der Waals surface area (Å²) in [7, 11) is 0. The number of carbonyl (C=O) groups excluding carboxylic acids is 1. The standard InChI is InChI=1S/C28H30N4O2/c1-4-20(2)22-9-11-24(12-10-22)34-18-17-32-21(3)26(25-7-5-6-8-27(25)32)19-30-31-28(33)23-13-15-29-16-14-23/h5-16,19-20H,4,17-18H2,1-3H3,(H,31,33)/b30-19-/t20-/m0/s1. The van der Waals surface area contributed by atoms with E-state index in [1.54, 1.807) is 30.7 Å². The molecule has 0 saturated carbocycles. The molecule has 2 aromatic heterocycles. The number of aromatic nitrogens is 2. The lowest BCUT2D eigenvalue weighted by atomic mass is 9.99. The zero-order chi connectivity index (χ0) is 23.9. The highest BCUT2D eigenvalue weighted by Crippen LogP contribution is 2.25. The van der Waals surface area contributed by atoms with Crippen LogP contribution in [0.5, 0.6) is 5.75 Å². The van der Waals surface area contributed by atoms with Gasteiger partial charge in [0, 0.05) is 40.1 Å².